The van der Waals surface area contributed by atoms with Gasteiger partial charge in [-0.05, 0) is 19.1 Å². The Morgan fingerprint density at radius 1 is 1.11 bits per heavy atom. The fraction of sp³-hybridized carbons (Fsp3) is 0.364. The maximum atomic E-state index is 12.7. The largest absolute Gasteiger partial charge is 0.494 e. The van der Waals surface area contributed by atoms with Gasteiger partial charge in [0.2, 0.25) is 0 Å². The van der Waals surface area contributed by atoms with Gasteiger partial charge in [-0.15, -0.1) is 0 Å². The second-order valence-electron chi connectivity index (χ2n) is 3.87. The Labute approximate surface area is 107 Å². The third-order valence-electron chi connectivity index (χ3n) is 2.28. The SMILES string of the molecule is CCOc1cc(C(=O)CC)cc(S(F)(F)(F)(F)F)c1. The van der Waals surface area contributed by atoms with Crippen LogP contribution in [-0.4, -0.2) is 12.4 Å². The van der Waals surface area contributed by atoms with Crippen molar-refractivity contribution in [1.29, 1.82) is 0 Å². The molecule has 0 aliphatic rings. The average molecular weight is 304 g/mol. The molecule has 0 atom stereocenters. The molecule has 0 aromatic heterocycles. The highest BCUT2D eigenvalue weighted by molar-refractivity contribution is 8.45. The first-order valence-electron chi connectivity index (χ1n) is 5.42. The first-order chi connectivity index (χ1) is 8.37. The molecule has 1 rings (SSSR count). The van der Waals surface area contributed by atoms with Gasteiger partial charge in [-0.3, -0.25) is 4.79 Å². The molecule has 19 heavy (non-hydrogen) atoms. The number of hydrogen-bond donors (Lipinski definition) is 0. The Morgan fingerprint density at radius 3 is 2.11 bits per heavy atom. The molecule has 0 fully saturated rings. The number of carbonyl (C=O) groups excluding carboxylic acids is 1. The third kappa shape index (κ3) is 4.09. The molecule has 8 heteroatoms. The van der Waals surface area contributed by atoms with Crippen molar-refractivity contribution in [2.24, 2.45) is 0 Å². The molecule has 0 heterocycles. The Balaban J connectivity index is 3.50. The van der Waals surface area contributed by atoms with E-state index in [4.69, 9.17) is 4.74 Å². The van der Waals surface area contributed by atoms with Crippen molar-refractivity contribution >= 4 is 16.0 Å². The Bertz CT molecular complexity index is 509. The molecule has 0 aliphatic carbocycles. The Hall–Kier alpha value is -1.31. The van der Waals surface area contributed by atoms with Gasteiger partial charge >= 0.3 is 10.2 Å². The summed E-state index contributed by atoms with van der Waals surface area (Å²) in [6.07, 6.45) is -0.0880. The minimum absolute atomic E-state index is 0.00350. The highest BCUT2D eigenvalue weighted by Crippen LogP contribution is 3.02. The monoisotopic (exact) mass is 304 g/mol. The molecule has 0 unspecified atom stereocenters. The number of ether oxygens (including phenoxy) is 1. The molecule has 0 saturated carbocycles. The van der Waals surface area contributed by atoms with Crippen molar-refractivity contribution in [3.8, 4) is 5.75 Å². The maximum Gasteiger partial charge on any atom is 0.310 e. The van der Waals surface area contributed by atoms with Gasteiger partial charge in [0.15, 0.2) is 5.78 Å². The smallest absolute Gasteiger partial charge is 0.310 e. The summed E-state index contributed by atoms with van der Waals surface area (Å²) in [4.78, 5) is 9.29. The highest BCUT2D eigenvalue weighted by atomic mass is 32.5. The molecular formula is C11H13F5O2S. The van der Waals surface area contributed by atoms with E-state index in [-0.39, 0.29) is 25.2 Å². The van der Waals surface area contributed by atoms with Crippen molar-refractivity contribution in [2.45, 2.75) is 25.2 Å². The Morgan fingerprint density at radius 2 is 1.68 bits per heavy atom. The molecule has 1 aromatic rings. The van der Waals surface area contributed by atoms with Gasteiger partial charge < -0.3 is 4.74 Å². The highest BCUT2D eigenvalue weighted by Gasteiger charge is 2.65. The lowest BCUT2D eigenvalue weighted by molar-refractivity contribution is 0.0987. The predicted octanol–water partition coefficient (Wildman–Crippen LogP) is 5.34. The number of halogens is 5. The number of Topliss-reactive ketones (excluding diaryl/α,β-unsaturated/α-hetero) is 1. The van der Waals surface area contributed by atoms with Gasteiger partial charge in [0.1, 0.15) is 10.6 Å². The summed E-state index contributed by atoms with van der Waals surface area (Å²) in [6, 6.07) is 1.43. The van der Waals surface area contributed by atoms with Crippen LogP contribution in [0.2, 0.25) is 0 Å². The zero-order chi connectivity index (χ0) is 15.0. The molecular weight excluding hydrogens is 291 g/mol. The zero-order valence-electron chi connectivity index (χ0n) is 10.3. The van der Waals surface area contributed by atoms with Crippen molar-refractivity contribution in [2.75, 3.05) is 6.61 Å². The standard InChI is InChI=1S/C11H13F5O2S/c1-3-11(17)8-5-9(18-4-2)7-10(6-8)19(12,13,14,15)16/h5-7H,3-4H2,1-2H3. The van der Waals surface area contributed by atoms with Gasteiger partial charge in [-0.2, -0.15) is 0 Å². The minimum atomic E-state index is -9.83. The first-order valence-corrected chi connectivity index (χ1v) is 7.37. The minimum Gasteiger partial charge on any atom is -0.494 e. The first kappa shape index (κ1) is 15.7. The number of rotatable bonds is 5. The molecule has 0 aliphatic heterocycles. The summed E-state index contributed by atoms with van der Waals surface area (Å²) < 4.78 is 68.5. The Kier molecular flexibility index (Phi) is 3.39. The molecule has 1 aromatic carbocycles. The lowest BCUT2D eigenvalue weighted by atomic mass is 10.1. The molecule has 0 bridgehead atoms. The molecule has 0 radical (unpaired) electrons. The number of ketones is 1. The van der Waals surface area contributed by atoms with Crippen molar-refractivity contribution in [3.05, 3.63) is 23.8 Å². The third-order valence-corrected chi connectivity index (χ3v) is 3.41. The van der Waals surface area contributed by atoms with Crippen LogP contribution in [0.25, 0.3) is 0 Å². The topological polar surface area (TPSA) is 26.3 Å². The van der Waals surface area contributed by atoms with Crippen LogP contribution in [0.15, 0.2) is 23.1 Å². The van der Waals surface area contributed by atoms with E-state index < -0.39 is 32.2 Å². The summed E-state index contributed by atoms with van der Waals surface area (Å²) in [5.41, 5.74) is -0.434. The molecule has 0 saturated heterocycles. The van der Waals surface area contributed by atoms with Crippen LogP contribution >= 0.6 is 10.2 Å². The number of hydrogen-bond acceptors (Lipinski definition) is 2. The van der Waals surface area contributed by atoms with Crippen molar-refractivity contribution in [1.82, 2.24) is 0 Å². The fourth-order valence-corrected chi connectivity index (χ4v) is 2.10. The van der Waals surface area contributed by atoms with Gasteiger partial charge in [-0.1, -0.05) is 26.4 Å². The van der Waals surface area contributed by atoms with E-state index in [1.54, 1.807) is 0 Å². The van der Waals surface area contributed by atoms with E-state index in [1.807, 2.05) is 0 Å². The predicted molar refractivity (Wildman–Crippen MR) is 63.6 cm³/mol. The lowest BCUT2D eigenvalue weighted by Gasteiger charge is -2.40. The fourth-order valence-electron chi connectivity index (χ4n) is 1.41. The van der Waals surface area contributed by atoms with E-state index in [1.165, 1.54) is 13.8 Å². The average Bonchev–Trinajstić information content (AvgIpc) is 2.25. The van der Waals surface area contributed by atoms with Gasteiger partial charge in [0, 0.05) is 18.1 Å². The van der Waals surface area contributed by atoms with Crippen LogP contribution in [0.4, 0.5) is 19.4 Å². The van der Waals surface area contributed by atoms with E-state index in [9.17, 15) is 24.2 Å². The number of carbonyl (C=O) groups is 1. The summed E-state index contributed by atoms with van der Waals surface area (Å²) in [7, 11) is -9.83. The van der Waals surface area contributed by atoms with Gasteiger partial charge in [-0.25, -0.2) is 0 Å². The molecule has 0 spiro atoms. The summed E-state index contributed by atoms with van der Waals surface area (Å²) in [6.45, 7) is 2.92. The van der Waals surface area contributed by atoms with Crippen LogP contribution in [0, 0.1) is 0 Å². The maximum absolute atomic E-state index is 12.7. The summed E-state index contributed by atoms with van der Waals surface area (Å²) in [5, 5.41) is 0. The quantitative estimate of drug-likeness (QED) is 0.542. The van der Waals surface area contributed by atoms with E-state index in [2.05, 4.69) is 0 Å². The van der Waals surface area contributed by atoms with E-state index >= 15 is 0 Å². The van der Waals surface area contributed by atoms with Crippen LogP contribution in [0.5, 0.6) is 5.75 Å². The summed E-state index contributed by atoms with van der Waals surface area (Å²) in [5.74, 6) is -1.06. The van der Waals surface area contributed by atoms with Crippen molar-refractivity contribution < 1.29 is 29.0 Å². The van der Waals surface area contributed by atoms with E-state index in [0.717, 1.165) is 6.07 Å². The van der Waals surface area contributed by atoms with Crippen LogP contribution in [-0.2, 0) is 0 Å². The van der Waals surface area contributed by atoms with Crippen molar-refractivity contribution in [3.63, 3.8) is 0 Å². The normalized spacial score (nSPS) is 15.5. The second-order valence-corrected chi connectivity index (χ2v) is 6.28. The lowest BCUT2D eigenvalue weighted by Crippen LogP contribution is -2.09. The van der Waals surface area contributed by atoms with E-state index in [0.29, 0.717) is 0 Å². The van der Waals surface area contributed by atoms with Crippen LogP contribution < -0.4 is 4.74 Å². The van der Waals surface area contributed by atoms with Crippen LogP contribution in [0.1, 0.15) is 30.6 Å². The molecule has 0 amide bonds. The molecule has 0 N–H and O–H groups in total. The molecule has 110 valence electrons. The zero-order valence-corrected chi connectivity index (χ0v) is 11.1. The number of benzene rings is 1. The van der Waals surface area contributed by atoms with Crippen LogP contribution in [0.3, 0.4) is 0 Å². The summed E-state index contributed by atoms with van der Waals surface area (Å²) >= 11 is 0. The molecule has 2 nitrogen and oxygen atoms in total. The van der Waals surface area contributed by atoms with Gasteiger partial charge in [0.05, 0.1) is 6.61 Å². The van der Waals surface area contributed by atoms with Gasteiger partial charge in [0.25, 0.3) is 0 Å². The second kappa shape index (κ2) is 4.09.